The first kappa shape index (κ1) is 8.02. The summed E-state index contributed by atoms with van der Waals surface area (Å²) in [6.45, 7) is 6.71. The molecule has 60 valence electrons. The van der Waals surface area contributed by atoms with E-state index in [1.807, 2.05) is 0 Å². The SMILES string of the molecule is CCNC(C)C1CCCN1. The highest BCUT2D eigenvalue weighted by Gasteiger charge is 2.19. The van der Waals surface area contributed by atoms with E-state index in [4.69, 9.17) is 0 Å². The third-order valence-electron chi connectivity index (χ3n) is 2.23. The van der Waals surface area contributed by atoms with E-state index in [0.29, 0.717) is 6.04 Å². The summed E-state index contributed by atoms with van der Waals surface area (Å²) >= 11 is 0. The van der Waals surface area contributed by atoms with E-state index in [9.17, 15) is 0 Å². The number of hydrogen-bond donors (Lipinski definition) is 2. The summed E-state index contributed by atoms with van der Waals surface area (Å²) in [6.07, 6.45) is 2.69. The smallest absolute Gasteiger partial charge is 0.0218 e. The molecule has 2 atom stereocenters. The second-order valence-electron chi connectivity index (χ2n) is 3.05. The summed E-state index contributed by atoms with van der Waals surface area (Å²) in [5.74, 6) is 0. The van der Waals surface area contributed by atoms with Crippen molar-refractivity contribution in [3.8, 4) is 0 Å². The summed E-state index contributed by atoms with van der Waals surface area (Å²) in [6, 6.07) is 1.37. The zero-order chi connectivity index (χ0) is 7.40. The molecule has 1 rings (SSSR count). The monoisotopic (exact) mass is 142 g/mol. The zero-order valence-corrected chi connectivity index (χ0v) is 6.98. The average Bonchev–Trinajstić information content (AvgIpc) is 2.38. The Morgan fingerprint density at radius 3 is 3.00 bits per heavy atom. The summed E-state index contributed by atoms with van der Waals surface area (Å²) < 4.78 is 0. The van der Waals surface area contributed by atoms with Crippen molar-refractivity contribution >= 4 is 0 Å². The molecule has 0 radical (unpaired) electrons. The van der Waals surface area contributed by atoms with Gasteiger partial charge in [-0.05, 0) is 32.9 Å². The Hall–Kier alpha value is -0.0800. The van der Waals surface area contributed by atoms with Gasteiger partial charge in [0.05, 0.1) is 0 Å². The van der Waals surface area contributed by atoms with Crippen LogP contribution in [0.1, 0.15) is 26.7 Å². The molecule has 2 N–H and O–H groups in total. The Morgan fingerprint density at radius 2 is 2.50 bits per heavy atom. The molecule has 2 heteroatoms. The van der Waals surface area contributed by atoms with E-state index in [1.54, 1.807) is 0 Å². The lowest BCUT2D eigenvalue weighted by molar-refractivity contribution is 0.435. The molecule has 0 bridgehead atoms. The molecule has 1 fully saturated rings. The lowest BCUT2D eigenvalue weighted by Gasteiger charge is -2.19. The van der Waals surface area contributed by atoms with Gasteiger partial charge in [-0.25, -0.2) is 0 Å². The molecule has 0 saturated carbocycles. The number of rotatable bonds is 3. The molecule has 2 nitrogen and oxygen atoms in total. The van der Waals surface area contributed by atoms with Crippen molar-refractivity contribution in [2.45, 2.75) is 38.8 Å². The van der Waals surface area contributed by atoms with Gasteiger partial charge in [0.25, 0.3) is 0 Å². The summed E-state index contributed by atoms with van der Waals surface area (Å²) in [5.41, 5.74) is 0. The minimum absolute atomic E-state index is 0.646. The van der Waals surface area contributed by atoms with Crippen molar-refractivity contribution in [2.24, 2.45) is 0 Å². The van der Waals surface area contributed by atoms with Crippen LogP contribution in [0.2, 0.25) is 0 Å². The van der Waals surface area contributed by atoms with Gasteiger partial charge in [0, 0.05) is 12.1 Å². The predicted octanol–water partition coefficient (Wildman–Crippen LogP) is 0.736. The Labute approximate surface area is 63.4 Å². The van der Waals surface area contributed by atoms with E-state index >= 15 is 0 Å². The molecule has 1 saturated heterocycles. The van der Waals surface area contributed by atoms with E-state index < -0.39 is 0 Å². The minimum Gasteiger partial charge on any atom is -0.313 e. The molecular formula is C8H18N2. The Kier molecular flexibility index (Phi) is 3.16. The van der Waals surface area contributed by atoms with Crippen molar-refractivity contribution < 1.29 is 0 Å². The van der Waals surface area contributed by atoms with Crippen LogP contribution in [0.4, 0.5) is 0 Å². The first-order valence-electron chi connectivity index (χ1n) is 4.31. The molecule has 0 amide bonds. The molecular weight excluding hydrogens is 124 g/mol. The van der Waals surface area contributed by atoms with Gasteiger partial charge in [0.2, 0.25) is 0 Å². The predicted molar refractivity (Wildman–Crippen MR) is 44.2 cm³/mol. The molecule has 1 aliphatic rings. The largest absolute Gasteiger partial charge is 0.313 e. The molecule has 1 aliphatic heterocycles. The first-order valence-corrected chi connectivity index (χ1v) is 4.31. The standard InChI is InChI=1S/C8H18N2/c1-3-9-7(2)8-5-4-6-10-8/h7-10H,3-6H2,1-2H3. The van der Waals surface area contributed by atoms with Gasteiger partial charge in [-0.15, -0.1) is 0 Å². The lowest BCUT2D eigenvalue weighted by atomic mass is 10.1. The zero-order valence-electron chi connectivity index (χ0n) is 6.98. The maximum Gasteiger partial charge on any atom is 0.0218 e. The molecule has 2 unspecified atom stereocenters. The van der Waals surface area contributed by atoms with E-state index in [-0.39, 0.29) is 0 Å². The molecule has 0 aliphatic carbocycles. The normalized spacial score (nSPS) is 28.8. The summed E-state index contributed by atoms with van der Waals surface area (Å²) in [5, 5.41) is 6.90. The molecule has 0 spiro atoms. The molecule has 0 aromatic heterocycles. The van der Waals surface area contributed by atoms with E-state index in [0.717, 1.165) is 12.6 Å². The fraction of sp³-hybridized carbons (Fsp3) is 1.00. The van der Waals surface area contributed by atoms with Crippen LogP contribution in [0, 0.1) is 0 Å². The van der Waals surface area contributed by atoms with Crippen LogP contribution in [-0.4, -0.2) is 25.2 Å². The minimum atomic E-state index is 0.646. The van der Waals surface area contributed by atoms with Crippen LogP contribution < -0.4 is 10.6 Å². The van der Waals surface area contributed by atoms with Gasteiger partial charge in [-0.1, -0.05) is 6.92 Å². The second-order valence-corrected chi connectivity index (χ2v) is 3.05. The quantitative estimate of drug-likeness (QED) is 0.607. The van der Waals surface area contributed by atoms with Crippen LogP contribution >= 0.6 is 0 Å². The van der Waals surface area contributed by atoms with Crippen LogP contribution in [0.3, 0.4) is 0 Å². The molecule has 0 aromatic rings. The Morgan fingerprint density at radius 1 is 1.70 bits per heavy atom. The molecule has 1 heterocycles. The first-order chi connectivity index (χ1) is 4.84. The second kappa shape index (κ2) is 3.94. The summed E-state index contributed by atoms with van der Waals surface area (Å²) in [4.78, 5) is 0. The number of hydrogen-bond acceptors (Lipinski definition) is 2. The number of nitrogens with one attached hydrogen (secondary N) is 2. The van der Waals surface area contributed by atoms with Gasteiger partial charge in [0.1, 0.15) is 0 Å². The highest BCUT2D eigenvalue weighted by molar-refractivity contribution is 4.82. The Bertz CT molecular complexity index is 87.3. The van der Waals surface area contributed by atoms with E-state index in [1.165, 1.54) is 19.4 Å². The lowest BCUT2D eigenvalue weighted by Crippen LogP contribution is -2.42. The van der Waals surface area contributed by atoms with Crippen LogP contribution in [0.25, 0.3) is 0 Å². The third kappa shape index (κ3) is 1.96. The van der Waals surface area contributed by atoms with Crippen LogP contribution in [0.15, 0.2) is 0 Å². The van der Waals surface area contributed by atoms with Crippen LogP contribution in [0.5, 0.6) is 0 Å². The van der Waals surface area contributed by atoms with E-state index in [2.05, 4.69) is 24.5 Å². The van der Waals surface area contributed by atoms with Crippen molar-refractivity contribution in [3.05, 3.63) is 0 Å². The topological polar surface area (TPSA) is 24.1 Å². The summed E-state index contributed by atoms with van der Waals surface area (Å²) in [7, 11) is 0. The highest BCUT2D eigenvalue weighted by atomic mass is 15.0. The molecule has 0 aromatic carbocycles. The third-order valence-corrected chi connectivity index (χ3v) is 2.23. The van der Waals surface area contributed by atoms with Gasteiger partial charge in [-0.3, -0.25) is 0 Å². The van der Waals surface area contributed by atoms with Gasteiger partial charge >= 0.3 is 0 Å². The maximum atomic E-state index is 3.48. The van der Waals surface area contributed by atoms with Gasteiger partial charge < -0.3 is 10.6 Å². The van der Waals surface area contributed by atoms with Gasteiger partial charge in [-0.2, -0.15) is 0 Å². The number of likely N-dealkylation sites (N-methyl/N-ethyl adjacent to an activating group) is 1. The van der Waals surface area contributed by atoms with Crippen molar-refractivity contribution in [2.75, 3.05) is 13.1 Å². The fourth-order valence-electron chi connectivity index (χ4n) is 1.60. The van der Waals surface area contributed by atoms with Crippen LogP contribution in [-0.2, 0) is 0 Å². The highest BCUT2D eigenvalue weighted by Crippen LogP contribution is 2.08. The molecule has 10 heavy (non-hydrogen) atoms. The van der Waals surface area contributed by atoms with Crippen molar-refractivity contribution in [3.63, 3.8) is 0 Å². The van der Waals surface area contributed by atoms with Crippen molar-refractivity contribution in [1.29, 1.82) is 0 Å². The maximum absolute atomic E-state index is 3.48. The van der Waals surface area contributed by atoms with Gasteiger partial charge in [0.15, 0.2) is 0 Å². The Balaban J connectivity index is 2.18. The van der Waals surface area contributed by atoms with Crippen molar-refractivity contribution in [1.82, 2.24) is 10.6 Å². The average molecular weight is 142 g/mol. The fourth-order valence-corrected chi connectivity index (χ4v) is 1.60.